The minimum absolute atomic E-state index is 0.119. The predicted octanol–water partition coefficient (Wildman–Crippen LogP) is 1.41. The highest BCUT2D eigenvalue weighted by atomic mass is 32.2. The normalized spacial score (nSPS) is 12.1. The Labute approximate surface area is 88.9 Å². The molecule has 0 fully saturated rings. The molecule has 82 valence electrons. The second-order valence-electron chi connectivity index (χ2n) is 2.68. The number of nitrogens with zero attached hydrogens (tertiary/aromatic N) is 2. The van der Waals surface area contributed by atoms with E-state index in [4.69, 9.17) is 0 Å². The van der Waals surface area contributed by atoms with Gasteiger partial charge in [0.2, 0.25) is 0 Å². The fourth-order valence-electron chi connectivity index (χ4n) is 1.12. The average molecular weight is 229 g/mol. The van der Waals surface area contributed by atoms with Gasteiger partial charge in [0, 0.05) is 23.9 Å². The maximum absolute atomic E-state index is 10.8. The number of aromatic hydroxyl groups is 1. The van der Waals surface area contributed by atoms with Gasteiger partial charge in [0.05, 0.1) is 5.69 Å². The van der Waals surface area contributed by atoms with Gasteiger partial charge < -0.3 is 14.0 Å². The van der Waals surface area contributed by atoms with Crippen LogP contribution in [0.5, 0.6) is 5.75 Å². The standard InChI is InChI=1S/C8H10N2O4S/c1-2-10(15(13)14)6-3-4-7(9-12)8(11)5-6/h3-5,11H,2H2,1H3,(H,13,14)/p-1. The number of nitroso groups, excluding NO2 is 1. The number of benzene rings is 1. The predicted molar refractivity (Wildman–Crippen MR) is 55.5 cm³/mol. The summed E-state index contributed by atoms with van der Waals surface area (Å²) < 4.78 is 22.5. The lowest BCUT2D eigenvalue weighted by molar-refractivity contribution is 0.477. The third-order valence-electron chi connectivity index (χ3n) is 1.81. The Morgan fingerprint density at radius 2 is 2.27 bits per heavy atom. The van der Waals surface area contributed by atoms with Gasteiger partial charge in [0.25, 0.3) is 0 Å². The van der Waals surface area contributed by atoms with Crippen molar-refractivity contribution < 1.29 is 13.9 Å². The molecular formula is C8H9N2O4S-. The third-order valence-corrected chi connectivity index (χ3v) is 2.64. The largest absolute Gasteiger partial charge is 0.755 e. The number of anilines is 1. The van der Waals surface area contributed by atoms with Crippen LogP contribution >= 0.6 is 0 Å². The molecule has 0 bridgehead atoms. The molecule has 0 heterocycles. The fourth-order valence-corrected chi connectivity index (χ4v) is 1.61. The third kappa shape index (κ3) is 2.51. The average Bonchev–Trinajstić information content (AvgIpc) is 2.18. The first-order chi connectivity index (χ1) is 7.10. The van der Waals surface area contributed by atoms with E-state index in [0.717, 1.165) is 4.31 Å². The van der Waals surface area contributed by atoms with Crippen LogP contribution in [-0.2, 0) is 11.3 Å². The van der Waals surface area contributed by atoms with Crippen LogP contribution in [0, 0.1) is 4.91 Å². The molecular weight excluding hydrogens is 220 g/mol. The Balaban J connectivity index is 3.10. The minimum Gasteiger partial charge on any atom is -0.755 e. The molecule has 0 radical (unpaired) electrons. The molecule has 6 nitrogen and oxygen atoms in total. The van der Waals surface area contributed by atoms with Crippen molar-refractivity contribution in [3.63, 3.8) is 0 Å². The van der Waals surface area contributed by atoms with E-state index in [-0.39, 0.29) is 23.7 Å². The first kappa shape index (κ1) is 11.6. The Morgan fingerprint density at radius 3 is 2.67 bits per heavy atom. The van der Waals surface area contributed by atoms with Gasteiger partial charge in [-0.1, -0.05) is 0 Å². The Hall–Kier alpha value is -1.47. The molecule has 1 rings (SSSR count). The van der Waals surface area contributed by atoms with E-state index in [0.29, 0.717) is 0 Å². The first-order valence-electron chi connectivity index (χ1n) is 4.13. The van der Waals surface area contributed by atoms with Crippen LogP contribution in [0.4, 0.5) is 11.4 Å². The summed E-state index contributed by atoms with van der Waals surface area (Å²) in [5, 5.41) is 11.9. The zero-order valence-corrected chi connectivity index (χ0v) is 8.73. The second-order valence-corrected chi connectivity index (χ2v) is 3.55. The highest BCUT2D eigenvalue weighted by Crippen LogP contribution is 2.30. The Morgan fingerprint density at radius 1 is 1.60 bits per heavy atom. The van der Waals surface area contributed by atoms with Gasteiger partial charge in [0.15, 0.2) is 0 Å². The molecule has 0 aliphatic carbocycles. The van der Waals surface area contributed by atoms with Crippen molar-refractivity contribution in [2.24, 2.45) is 5.18 Å². The molecule has 7 heteroatoms. The van der Waals surface area contributed by atoms with Gasteiger partial charge in [-0.25, -0.2) is 0 Å². The first-order valence-corrected chi connectivity index (χ1v) is 5.16. The van der Waals surface area contributed by atoms with Gasteiger partial charge in [-0.3, -0.25) is 4.21 Å². The van der Waals surface area contributed by atoms with Crippen molar-refractivity contribution in [1.82, 2.24) is 0 Å². The van der Waals surface area contributed by atoms with Crippen LogP contribution in [0.2, 0.25) is 0 Å². The summed E-state index contributed by atoms with van der Waals surface area (Å²) in [6.07, 6.45) is 0. The van der Waals surface area contributed by atoms with Gasteiger partial charge in [-0.2, -0.15) is 0 Å². The van der Waals surface area contributed by atoms with Crippen LogP contribution in [0.3, 0.4) is 0 Å². The van der Waals surface area contributed by atoms with Crippen molar-refractivity contribution in [3.05, 3.63) is 23.1 Å². The van der Waals surface area contributed by atoms with Gasteiger partial charge in [-0.15, -0.1) is 4.91 Å². The Kier molecular flexibility index (Phi) is 3.75. The number of hydrogen-bond acceptors (Lipinski definition) is 5. The lowest BCUT2D eigenvalue weighted by atomic mass is 10.2. The number of phenols is 1. The van der Waals surface area contributed by atoms with Crippen molar-refractivity contribution in [3.8, 4) is 5.75 Å². The molecule has 0 amide bonds. The van der Waals surface area contributed by atoms with Crippen LogP contribution in [0.25, 0.3) is 0 Å². The molecule has 0 saturated carbocycles. The summed E-state index contributed by atoms with van der Waals surface area (Å²) in [5.74, 6) is -0.341. The van der Waals surface area contributed by atoms with E-state index in [9.17, 15) is 18.8 Å². The maximum atomic E-state index is 10.8. The summed E-state index contributed by atoms with van der Waals surface area (Å²) in [4.78, 5) is 10.2. The van der Waals surface area contributed by atoms with Crippen LogP contribution in [0.15, 0.2) is 23.4 Å². The quantitative estimate of drug-likeness (QED) is 0.624. The minimum atomic E-state index is -2.41. The fraction of sp³-hybridized carbons (Fsp3) is 0.250. The summed E-state index contributed by atoms with van der Waals surface area (Å²) in [5.41, 5.74) is 0.169. The smallest absolute Gasteiger partial charge is 0.149 e. The van der Waals surface area contributed by atoms with E-state index in [2.05, 4.69) is 5.18 Å². The van der Waals surface area contributed by atoms with Gasteiger partial charge in [-0.05, 0) is 24.2 Å². The monoisotopic (exact) mass is 229 g/mol. The lowest BCUT2D eigenvalue weighted by Gasteiger charge is -2.24. The molecule has 1 N–H and O–H groups in total. The molecule has 1 unspecified atom stereocenters. The molecule has 0 spiro atoms. The van der Waals surface area contributed by atoms with Crippen molar-refractivity contribution in [2.75, 3.05) is 10.8 Å². The summed E-state index contributed by atoms with van der Waals surface area (Å²) in [6.45, 7) is 1.89. The highest BCUT2D eigenvalue weighted by Gasteiger charge is 2.08. The van der Waals surface area contributed by atoms with E-state index in [1.807, 2.05) is 0 Å². The second kappa shape index (κ2) is 4.85. The van der Waals surface area contributed by atoms with Gasteiger partial charge >= 0.3 is 0 Å². The van der Waals surface area contributed by atoms with E-state index >= 15 is 0 Å². The topological polar surface area (TPSA) is 93.0 Å². The van der Waals surface area contributed by atoms with Crippen LogP contribution in [0.1, 0.15) is 6.92 Å². The van der Waals surface area contributed by atoms with E-state index < -0.39 is 11.3 Å². The SMILES string of the molecule is CCN(c1ccc(N=O)c(O)c1)S(=O)[O-]. The molecule has 0 aliphatic rings. The molecule has 1 aromatic carbocycles. The van der Waals surface area contributed by atoms with Crippen molar-refractivity contribution in [1.29, 1.82) is 0 Å². The Bertz CT molecular complexity index is 396. The summed E-state index contributed by atoms with van der Waals surface area (Å²) >= 11 is -2.41. The van der Waals surface area contributed by atoms with Crippen LogP contribution < -0.4 is 4.31 Å². The lowest BCUT2D eigenvalue weighted by Crippen LogP contribution is -2.24. The molecule has 0 aliphatic heterocycles. The molecule has 1 aromatic rings. The molecule has 15 heavy (non-hydrogen) atoms. The summed E-state index contributed by atoms with van der Waals surface area (Å²) in [7, 11) is 0. The van der Waals surface area contributed by atoms with Crippen LogP contribution in [-0.4, -0.2) is 20.4 Å². The number of hydrogen-bond donors (Lipinski definition) is 1. The summed E-state index contributed by atoms with van der Waals surface area (Å²) in [6, 6.07) is 3.83. The molecule has 0 aromatic heterocycles. The zero-order valence-electron chi connectivity index (χ0n) is 7.91. The van der Waals surface area contributed by atoms with Crippen molar-refractivity contribution in [2.45, 2.75) is 6.92 Å². The zero-order chi connectivity index (χ0) is 11.4. The molecule has 0 saturated heterocycles. The van der Waals surface area contributed by atoms with Gasteiger partial charge in [0.1, 0.15) is 11.4 Å². The van der Waals surface area contributed by atoms with E-state index in [1.54, 1.807) is 6.92 Å². The maximum Gasteiger partial charge on any atom is 0.149 e. The highest BCUT2D eigenvalue weighted by molar-refractivity contribution is 7.80. The number of phenolic OH excluding ortho intramolecular Hbond substituents is 1. The van der Waals surface area contributed by atoms with E-state index in [1.165, 1.54) is 18.2 Å². The van der Waals surface area contributed by atoms with Crippen molar-refractivity contribution >= 4 is 22.6 Å². The number of rotatable bonds is 4. The molecule has 1 atom stereocenters.